The Bertz CT molecular complexity index is 296. The van der Waals surface area contributed by atoms with Crippen molar-refractivity contribution in [3.8, 4) is 0 Å². The van der Waals surface area contributed by atoms with Gasteiger partial charge in [0.05, 0.1) is 6.61 Å². The number of ether oxygens (including phenoxy) is 1. The van der Waals surface area contributed by atoms with Crippen LogP contribution in [0.1, 0.15) is 18.7 Å². The van der Waals surface area contributed by atoms with E-state index in [-0.39, 0.29) is 24.5 Å². The Morgan fingerprint density at radius 3 is 2.53 bits per heavy atom. The fourth-order valence-electron chi connectivity index (χ4n) is 1.54. The highest BCUT2D eigenvalue weighted by atomic mass is 35.5. The van der Waals surface area contributed by atoms with Crippen LogP contribution in [0.15, 0.2) is 24.3 Å². The summed E-state index contributed by atoms with van der Waals surface area (Å²) in [5.41, 5.74) is 0.985. The first-order chi connectivity index (χ1) is 6.75. The number of hydrogen-bond acceptors (Lipinski definition) is 2. The zero-order valence-electron chi connectivity index (χ0n) is 8.57. The first-order valence-corrected chi connectivity index (χ1v) is 4.86. The molecule has 2 rings (SSSR count). The third-order valence-electron chi connectivity index (χ3n) is 2.37. The molecule has 0 radical (unpaired) electrons. The smallest absolute Gasteiger partial charge is 0.134 e. The highest BCUT2D eigenvalue weighted by molar-refractivity contribution is 5.85. The lowest BCUT2D eigenvalue weighted by atomic mass is 10.1. The van der Waals surface area contributed by atoms with Crippen LogP contribution in [-0.2, 0) is 4.74 Å². The molecule has 1 fully saturated rings. The molecule has 1 N–H and O–H groups in total. The summed E-state index contributed by atoms with van der Waals surface area (Å²) in [4.78, 5) is 0. The average Bonchev–Trinajstić information content (AvgIpc) is 2.21. The summed E-state index contributed by atoms with van der Waals surface area (Å²) in [6, 6.07) is 6.42. The zero-order chi connectivity index (χ0) is 9.97. The third-order valence-corrected chi connectivity index (χ3v) is 2.37. The van der Waals surface area contributed by atoms with Gasteiger partial charge in [-0.05, 0) is 23.6 Å². The van der Waals surface area contributed by atoms with Crippen LogP contribution in [0.3, 0.4) is 0 Å². The SMILES string of the molecule is CC1CNC(c2ccc(F)cc2)OC1.Cl. The van der Waals surface area contributed by atoms with Gasteiger partial charge in [-0.3, -0.25) is 5.32 Å². The molecular weight excluding hydrogens is 217 g/mol. The van der Waals surface area contributed by atoms with E-state index in [1.54, 1.807) is 12.1 Å². The number of hydrogen-bond donors (Lipinski definition) is 1. The molecule has 2 unspecified atom stereocenters. The molecule has 1 heterocycles. The average molecular weight is 232 g/mol. The standard InChI is InChI=1S/C11H14FNO.ClH/c1-8-6-13-11(14-7-8)9-2-4-10(12)5-3-9;/h2-5,8,11,13H,6-7H2,1H3;1H. The molecule has 84 valence electrons. The van der Waals surface area contributed by atoms with Crippen molar-refractivity contribution in [1.82, 2.24) is 5.32 Å². The van der Waals surface area contributed by atoms with Crippen molar-refractivity contribution in [3.63, 3.8) is 0 Å². The van der Waals surface area contributed by atoms with E-state index in [4.69, 9.17) is 4.74 Å². The molecule has 4 heteroatoms. The van der Waals surface area contributed by atoms with Crippen LogP contribution in [0.5, 0.6) is 0 Å². The van der Waals surface area contributed by atoms with Gasteiger partial charge in [-0.1, -0.05) is 19.1 Å². The van der Waals surface area contributed by atoms with Crippen molar-refractivity contribution in [1.29, 1.82) is 0 Å². The van der Waals surface area contributed by atoms with E-state index < -0.39 is 0 Å². The Labute approximate surface area is 95.2 Å². The second kappa shape index (κ2) is 5.45. The quantitative estimate of drug-likeness (QED) is 0.802. The van der Waals surface area contributed by atoms with Gasteiger partial charge in [0, 0.05) is 6.54 Å². The topological polar surface area (TPSA) is 21.3 Å². The van der Waals surface area contributed by atoms with E-state index in [9.17, 15) is 4.39 Å². The molecule has 0 saturated carbocycles. The van der Waals surface area contributed by atoms with Crippen molar-refractivity contribution in [2.75, 3.05) is 13.2 Å². The summed E-state index contributed by atoms with van der Waals surface area (Å²) in [5, 5.41) is 3.26. The molecule has 1 aromatic rings. The molecule has 0 aliphatic carbocycles. The Hall–Kier alpha value is -0.640. The second-order valence-electron chi connectivity index (χ2n) is 3.78. The summed E-state index contributed by atoms with van der Waals surface area (Å²) in [5.74, 6) is 0.338. The predicted molar refractivity (Wildman–Crippen MR) is 59.5 cm³/mol. The van der Waals surface area contributed by atoms with E-state index in [0.29, 0.717) is 5.92 Å². The third kappa shape index (κ3) is 3.16. The first kappa shape index (κ1) is 12.4. The van der Waals surface area contributed by atoms with E-state index in [1.807, 2.05) is 0 Å². The number of halogens is 2. The van der Waals surface area contributed by atoms with Gasteiger partial charge in [-0.25, -0.2) is 4.39 Å². The highest BCUT2D eigenvalue weighted by Gasteiger charge is 2.18. The summed E-state index contributed by atoms with van der Waals surface area (Å²) in [7, 11) is 0. The largest absolute Gasteiger partial charge is 0.359 e. The highest BCUT2D eigenvalue weighted by Crippen LogP contribution is 2.19. The Morgan fingerprint density at radius 1 is 1.33 bits per heavy atom. The van der Waals surface area contributed by atoms with E-state index in [2.05, 4.69) is 12.2 Å². The Balaban J connectivity index is 0.00000112. The van der Waals surface area contributed by atoms with Crippen molar-refractivity contribution < 1.29 is 9.13 Å². The maximum Gasteiger partial charge on any atom is 0.134 e. The molecule has 1 aliphatic rings. The maximum atomic E-state index is 12.7. The monoisotopic (exact) mass is 231 g/mol. The van der Waals surface area contributed by atoms with Gasteiger partial charge in [-0.15, -0.1) is 12.4 Å². The lowest BCUT2D eigenvalue weighted by molar-refractivity contribution is -0.0254. The predicted octanol–water partition coefficient (Wildman–Crippen LogP) is 2.50. The van der Waals surface area contributed by atoms with E-state index in [1.165, 1.54) is 12.1 Å². The first-order valence-electron chi connectivity index (χ1n) is 4.86. The number of rotatable bonds is 1. The minimum Gasteiger partial charge on any atom is -0.359 e. The normalized spacial score (nSPS) is 25.7. The van der Waals surface area contributed by atoms with Crippen molar-refractivity contribution >= 4 is 12.4 Å². The van der Waals surface area contributed by atoms with Gasteiger partial charge in [0.2, 0.25) is 0 Å². The maximum absolute atomic E-state index is 12.7. The molecule has 0 spiro atoms. The van der Waals surface area contributed by atoms with Gasteiger partial charge in [0.25, 0.3) is 0 Å². The van der Waals surface area contributed by atoms with Gasteiger partial charge in [-0.2, -0.15) is 0 Å². The van der Waals surface area contributed by atoms with Crippen LogP contribution >= 0.6 is 12.4 Å². The van der Waals surface area contributed by atoms with Gasteiger partial charge in [0.15, 0.2) is 0 Å². The number of benzene rings is 1. The van der Waals surface area contributed by atoms with E-state index >= 15 is 0 Å². The molecule has 1 aliphatic heterocycles. The lowest BCUT2D eigenvalue weighted by Crippen LogP contribution is -2.36. The Morgan fingerprint density at radius 2 is 2.00 bits per heavy atom. The molecular formula is C11H15ClFNO. The fourth-order valence-corrected chi connectivity index (χ4v) is 1.54. The second-order valence-corrected chi connectivity index (χ2v) is 3.78. The molecule has 15 heavy (non-hydrogen) atoms. The molecule has 1 aromatic carbocycles. The molecule has 2 atom stereocenters. The van der Waals surface area contributed by atoms with Crippen molar-refractivity contribution in [2.45, 2.75) is 13.2 Å². The van der Waals surface area contributed by atoms with Crippen LogP contribution in [0, 0.1) is 11.7 Å². The van der Waals surface area contributed by atoms with E-state index in [0.717, 1.165) is 18.7 Å². The van der Waals surface area contributed by atoms with Crippen molar-refractivity contribution in [2.24, 2.45) is 5.92 Å². The molecule has 2 nitrogen and oxygen atoms in total. The summed E-state index contributed by atoms with van der Waals surface area (Å²) in [6.07, 6.45) is -0.0770. The summed E-state index contributed by atoms with van der Waals surface area (Å²) >= 11 is 0. The van der Waals surface area contributed by atoms with Crippen LogP contribution in [-0.4, -0.2) is 13.2 Å². The van der Waals surface area contributed by atoms with Crippen LogP contribution in [0.4, 0.5) is 4.39 Å². The fraction of sp³-hybridized carbons (Fsp3) is 0.455. The molecule has 1 saturated heterocycles. The number of nitrogens with one attached hydrogen (secondary N) is 1. The van der Waals surface area contributed by atoms with Crippen LogP contribution < -0.4 is 5.32 Å². The minimum atomic E-state index is -0.210. The Kier molecular flexibility index (Phi) is 4.51. The van der Waals surface area contributed by atoms with Gasteiger partial charge in [0.1, 0.15) is 12.0 Å². The van der Waals surface area contributed by atoms with Gasteiger partial charge < -0.3 is 4.74 Å². The lowest BCUT2D eigenvalue weighted by Gasteiger charge is -2.28. The summed E-state index contributed by atoms with van der Waals surface area (Å²) in [6.45, 7) is 3.84. The van der Waals surface area contributed by atoms with Gasteiger partial charge >= 0.3 is 0 Å². The zero-order valence-corrected chi connectivity index (χ0v) is 9.39. The molecule has 0 aromatic heterocycles. The molecule has 0 bridgehead atoms. The van der Waals surface area contributed by atoms with Crippen LogP contribution in [0.25, 0.3) is 0 Å². The minimum absolute atomic E-state index is 0. The van der Waals surface area contributed by atoms with Crippen LogP contribution in [0.2, 0.25) is 0 Å². The summed E-state index contributed by atoms with van der Waals surface area (Å²) < 4.78 is 18.2. The van der Waals surface area contributed by atoms with Crippen molar-refractivity contribution in [3.05, 3.63) is 35.6 Å². The molecule has 0 amide bonds.